The SMILES string of the molecule is Cc1oncc1C(=O)N[C@@H](Cc1ccccc1)[C@H](O)CN(CC(C)C)S(=O)(=O)c1ccc2onc(N)c2c1. The van der Waals surface area contributed by atoms with Gasteiger partial charge in [-0.1, -0.05) is 54.5 Å². The summed E-state index contributed by atoms with van der Waals surface area (Å²) in [4.78, 5) is 13.0. The third-order valence-corrected chi connectivity index (χ3v) is 7.97. The maximum Gasteiger partial charge on any atom is 0.256 e. The predicted octanol–water partition coefficient (Wildman–Crippen LogP) is 2.76. The lowest BCUT2D eigenvalue weighted by atomic mass is 10.0. The van der Waals surface area contributed by atoms with Crippen molar-refractivity contribution in [1.82, 2.24) is 19.9 Å². The van der Waals surface area contributed by atoms with Crippen LogP contribution in [0.2, 0.25) is 0 Å². The Morgan fingerprint density at radius 3 is 2.53 bits per heavy atom. The largest absolute Gasteiger partial charge is 0.390 e. The van der Waals surface area contributed by atoms with Crippen LogP contribution in [0.4, 0.5) is 5.82 Å². The summed E-state index contributed by atoms with van der Waals surface area (Å²) in [6, 6.07) is 12.8. The number of hydrogen-bond donors (Lipinski definition) is 3. The first kappa shape index (κ1) is 27.3. The van der Waals surface area contributed by atoms with E-state index in [4.69, 9.17) is 14.8 Å². The van der Waals surface area contributed by atoms with Crippen LogP contribution < -0.4 is 11.1 Å². The van der Waals surface area contributed by atoms with Gasteiger partial charge in [0.15, 0.2) is 11.4 Å². The number of benzene rings is 2. The van der Waals surface area contributed by atoms with Gasteiger partial charge in [0.2, 0.25) is 10.0 Å². The number of aryl methyl sites for hydroxylation is 1. The van der Waals surface area contributed by atoms with Gasteiger partial charge in [-0.2, -0.15) is 4.31 Å². The van der Waals surface area contributed by atoms with Gasteiger partial charge in [-0.3, -0.25) is 4.79 Å². The standard InChI is InChI=1S/C26H31N5O6S/c1-16(2)14-31(38(34,35)19-9-10-24-20(12-19)25(27)30-37-24)15-23(32)22(11-18-7-5-4-6-8-18)29-26(33)21-13-28-36-17(21)3/h4-10,12-13,16,22-23,32H,11,14-15H2,1-3H3,(H2,27,30)(H,29,33)/t22-,23+/m0/s1. The average molecular weight is 542 g/mol. The number of hydrogen-bond acceptors (Lipinski definition) is 9. The highest BCUT2D eigenvalue weighted by molar-refractivity contribution is 7.89. The van der Waals surface area contributed by atoms with E-state index < -0.39 is 28.1 Å². The number of carbonyl (C=O) groups excluding carboxylic acids is 1. The Hall–Kier alpha value is -3.74. The minimum atomic E-state index is -4.05. The molecular weight excluding hydrogens is 510 g/mol. The Kier molecular flexibility index (Phi) is 8.14. The zero-order valence-corrected chi connectivity index (χ0v) is 22.2. The van der Waals surface area contributed by atoms with E-state index in [2.05, 4.69) is 15.6 Å². The van der Waals surface area contributed by atoms with Crippen LogP contribution in [0.3, 0.4) is 0 Å². The highest BCUT2D eigenvalue weighted by atomic mass is 32.2. The molecule has 2 heterocycles. The second kappa shape index (κ2) is 11.3. The number of nitrogens with zero attached hydrogens (tertiary/aromatic N) is 3. The Morgan fingerprint density at radius 2 is 1.87 bits per heavy atom. The van der Waals surface area contributed by atoms with E-state index in [-0.39, 0.29) is 41.7 Å². The minimum Gasteiger partial charge on any atom is -0.390 e. The predicted molar refractivity (Wildman–Crippen MR) is 141 cm³/mol. The molecule has 38 heavy (non-hydrogen) atoms. The second-order valence-corrected chi connectivity index (χ2v) is 11.5. The number of amides is 1. The molecule has 1 amide bonds. The quantitative estimate of drug-likeness (QED) is 0.259. The summed E-state index contributed by atoms with van der Waals surface area (Å²) in [7, 11) is -4.05. The molecule has 0 bridgehead atoms. The molecule has 202 valence electrons. The number of anilines is 1. The van der Waals surface area contributed by atoms with Crippen molar-refractivity contribution >= 4 is 32.7 Å². The van der Waals surface area contributed by atoms with E-state index in [0.717, 1.165) is 5.56 Å². The van der Waals surface area contributed by atoms with Gasteiger partial charge < -0.3 is 25.2 Å². The van der Waals surface area contributed by atoms with Crippen LogP contribution in [0.1, 0.15) is 35.5 Å². The number of nitrogen functional groups attached to an aromatic ring is 1. The van der Waals surface area contributed by atoms with Crippen LogP contribution in [0.5, 0.6) is 0 Å². The molecule has 12 heteroatoms. The zero-order valence-electron chi connectivity index (χ0n) is 21.4. The molecule has 0 radical (unpaired) electrons. The molecule has 0 saturated carbocycles. The number of fused-ring (bicyclic) bond motifs is 1. The summed E-state index contributed by atoms with van der Waals surface area (Å²) in [6.45, 7) is 5.27. The van der Waals surface area contributed by atoms with E-state index in [1.165, 1.54) is 28.7 Å². The monoisotopic (exact) mass is 541 g/mol. The lowest BCUT2D eigenvalue weighted by Crippen LogP contribution is -2.51. The maximum atomic E-state index is 13.7. The van der Waals surface area contributed by atoms with Crippen molar-refractivity contribution in [3.05, 3.63) is 71.6 Å². The van der Waals surface area contributed by atoms with Gasteiger partial charge in [-0.15, -0.1) is 0 Å². The Morgan fingerprint density at radius 1 is 1.13 bits per heavy atom. The van der Waals surface area contributed by atoms with Crippen LogP contribution >= 0.6 is 0 Å². The lowest BCUT2D eigenvalue weighted by Gasteiger charge is -2.30. The molecular formula is C26H31N5O6S. The van der Waals surface area contributed by atoms with E-state index in [9.17, 15) is 18.3 Å². The summed E-state index contributed by atoms with van der Waals surface area (Å²) in [5.74, 6) is -0.0939. The molecule has 0 aliphatic rings. The zero-order chi connectivity index (χ0) is 27.4. The molecule has 2 atom stereocenters. The van der Waals surface area contributed by atoms with Gasteiger partial charge in [0.25, 0.3) is 5.91 Å². The van der Waals surface area contributed by atoms with Crippen LogP contribution in [0, 0.1) is 12.8 Å². The number of aromatic nitrogens is 2. The molecule has 2 aromatic carbocycles. The van der Waals surface area contributed by atoms with E-state index in [0.29, 0.717) is 16.7 Å². The smallest absolute Gasteiger partial charge is 0.256 e. The van der Waals surface area contributed by atoms with Crippen LogP contribution in [0.25, 0.3) is 11.0 Å². The summed E-state index contributed by atoms with van der Waals surface area (Å²) in [5, 5.41) is 21.9. The van der Waals surface area contributed by atoms with Gasteiger partial charge in [-0.25, -0.2) is 8.42 Å². The highest BCUT2D eigenvalue weighted by Crippen LogP contribution is 2.26. The highest BCUT2D eigenvalue weighted by Gasteiger charge is 2.32. The Bertz CT molecular complexity index is 1500. The first-order chi connectivity index (χ1) is 18.1. The third kappa shape index (κ3) is 6.04. The van der Waals surface area contributed by atoms with E-state index >= 15 is 0 Å². The topological polar surface area (TPSA) is 165 Å². The van der Waals surface area contributed by atoms with Crippen molar-refractivity contribution in [2.45, 2.75) is 44.2 Å². The molecule has 4 N–H and O–H groups in total. The number of aliphatic hydroxyl groups is 1. The molecule has 4 rings (SSSR count). The van der Waals surface area contributed by atoms with Crippen LogP contribution in [-0.2, 0) is 16.4 Å². The van der Waals surface area contributed by atoms with Crippen molar-refractivity contribution in [3.63, 3.8) is 0 Å². The van der Waals surface area contributed by atoms with Gasteiger partial charge in [0.1, 0.15) is 11.3 Å². The fraction of sp³-hybridized carbons (Fsp3) is 0.346. The number of carbonyl (C=O) groups is 1. The molecule has 0 aliphatic carbocycles. The average Bonchev–Trinajstić information content (AvgIpc) is 3.48. The molecule has 0 spiro atoms. The van der Waals surface area contributed by atoms with Gasteiger partial charge >= 0.3 is 0 Å². The molecule has 11 nitrogen and oxygen atoms in total. The van der Waals surface area contributed by atoms with E-state index in [1.807, 2.05) is 44.2 Å². The van der Waals surface area contributed by atoms with Crippen molar-refractivity contribution < 1.29 is 27.4 Å². The second-order valence-electron chi connectivity index (χ2n) is 9.57. The minimum absolute atomic E-state index is 0.00325. The molecule has 0 saturated heterocycles. The Labute approximate surface area is 220 Å². The summed E-state index contributed by atoms with van der Waals surface area (Å²) >= 11 is 0. The number of aliphatic hydroxyl groups excluding tert-OH is 1. The normalized spacial score (nSPS) is 13.7. The Balaban J connectivity index is 1.63. The first-order valence-electron chi connectivity index (χ1n) is 12.2. The molecule has 0 unspecified atom stereocenters. The lowest BCUT2D eigenvalue weighted by molar-refractivity contribution is 0.0774. The van der Waals surface area contributed by atoms with Crippen molar-refractivity contribution in [2.75, 3.05) is 18.8 Å². The molecule has 0 aliphatic heterocycles. The van der Waals surface area contributed by atoms with E-state index in [1.54, 1.807) is 6.92 Å². The third-order valence-electron chi connectivity index (χ3n) is 6.14. The summed E-state index contributed by atoms with van der Waals surface area (Å²) in [5.41, 5.74) is 7.30. The van der Waals surface area contributed by atoms with Crippen molar-refractivity contribution in [3.8, 4) is 0 Å². The number of rotatable bonds is 11. The van der Waals surface area contributed by atoms with Gasteiger partial charge in [-0.05, 0) is 43.0 Å². The number of sulfonamides is 1. The van der Waals surface area contributed by atoms with Crippen LogP contribution in [0.15, 0.2) is 68.7 Å². The molecule has 4 aromatic rings. The van der Waals surface area contributed by atoms with Gasteiger partial charge in [0, 0.05) is 13.1 Å². The van der Waals surface area contributed by atoms with Crippen LogP contribution in [-0.4, -0.2) is 59.3 Å². The van der Waals surface area contributed by atoms with Gasteiger partial charge in [0.05, 0.1) is 28.6 Å². The van der Waals surface area contributed by atoms with Crippen molar-refractivity contribution in [1.29, 1.82) is 0 Å². The summed E-state index contributed by atoms with van der Waals surface area (Å²) < 4.78 is 38.8. The molecule has 2 aromatic heterocycles. The number of nitrogens with one attached hydrogen (secondary N) is 1. The first-order valence-corrected chi connectivity index (χ1v) is 13.6. The molecule has 0 fully saturated rings. The fourth-order valence-electron chi connectivity index (χ4n) is 4.17. The summed E-state index contributed by atoms with van der Waals surface area (Å²) in [6.07, 6.45) is 0.340. The number of nitrogens with two attached hydrogens (primary N) is 1. The fourth-order valence-corrected chi connectivity index (χ4v) is 5.82. The van der Waals surface area contributed by atoms with Crippen molar-refractivity contribution in [2.24, 2.45) is 5.92 Å². The maximum absolute atomic E-state index is 13.7.